The van der Waals surface area contributed by atoms with E-state index in [4.69, 9.17) is 4.74 Å². The molecule has 0 unspecified atom stereocenters. The molecule has 0 atom stereocenters. The number of ether oxygens (including phenoxy) is 1. The second-order valence-electron chi connectivity index (χ2n) is 5.31. The van der Waals surface area contributed by atoms with E-state index in [1.165, 1.54) is 17.4 Å². The van der Waals surface area contributed by atoms with Gasteiger partial charge in [0.25, 0.3) is 0 Å². The van der Waals surface area contributed by atoms with Crippen LogP contribution in [0.5, 0.6) is 5.75 Å². The maximum Gasteiger partial charge on any atom is 0.250 e. The number of halogens is 1. The Balaban J connectivity index is 2.02. The minimum absolute atomic E-state index is 0.251. The number of anilines is 1. The molecule has 23 heavy (non-hydrogen) atoms. The van der Waals surface area contributed by atoms with Crippen LogP contribution in [0.15, 0.2) is 28.7 Å². The second kappa shape index (κ2) is 8.21. The van der Waals surface area contributed by atoms with E-state index in [1.807, 2.05) is 18.2 Å². The van der Waals surface area contributed by atoms with Crippen LogP contribution in [-0.4, -0.2) is 23.2 Å². The first kappa shape index (κ1) is 17.6. The van der Waals surface area contributed by atoms with Crippen LogP contribution in [0.1, 0.15) is 24.4 Å². The lowest BCUT2D eigenvalue weighted by molar-refractivity contribution is -0.111. The molecule has 0 aliphatic carbocycles. The molecule has 122 valence electrons. The van der Waals surface area contributed by atoms with Crippen LogP contribution in [0.4, 0.5) is 5.13 Å². The number of hydrogen-bond acceptors (Lipinski definition) is 5. The molecule has 1 aromatic carbocycles. The van der Waals surface area contributed by atoms with Gasteiger partial charge in [-0.3, -0.25) is 10.1 Å². The van der Waals surface area contributed by atoms with Gasteiger partial charge < -0.3 is 4.74 Å². The zero-order chi connectivity index (χ0) is 16.8. The van der Waals surface area contributed by atoms with Crippen molar-refractivity contribution in [2.45, 2.75) is 20.3 Å². The van der Waals surface area contributed by atoms with E-state index in [9.17, 15) is 4.79 Å². The van der Waals surface area contributed by atoms with Gasteiger partial charge in [0.1, 0.15) is 10.8 Å². The molecule has 0 saturated heterocycles. The van der Waals surface area contributed by atoms with E-state index in [0.717, 1.165) is 21.5 Å². The molecule has 0 radical (unpaired) electrons. The first-order valence-electron chi connectivity index (χ1n) is 7.13. The smallest absolute Gasteiger partial charge is 0.250 e. The molecular formula is C16H18BrN3O2S. The summed E-state index contributed by atoms with van der Waals surface area (Å²) in [6.45, 7) is 4.24. The van der Waals surface area contributed by atoms with Crippen molar-refractivity contribution in [2.24, 2.45) is 5.92 Å². The highest BCUT2D eigenvalue weighted by Gasteiger charge is 2.08. The minimum Gasteiger partial charge on any atom is -0.496 e. The maximum atomic E-state index is 12.0. The van der Waals surface area contributed by atoms with Crippen LogP contribution < -0.4 is 10.1 Å². The molecular weight excluding hydrogens is 378 g/mol. The molecule has 0 spiro atoms. The van der Waals surface area contributed by atoms with Crippen LogP contribution in [0.25, 0.3) is 6.08 Å². The van der Waals surface area contributed by atoms with E-state index in [0.29, 0.717) is 16.8 Å². The molecule has 0 aliphatic heterocycles. The Kier molecular flexibility index (Phi) is 6.29. The molecule has 1 heterocycles. The third-order valence-electron chi connectivity index (χ3n) is 2.89. The predicted octanol–water partition coefficient (Wildman–Crippen LogP) is 4.16. The first-order chi connectivity index (χ1) is 11.0. The number of amides is 1. The zero-order valence-electron chi connectivity index (χ0n) is 13.2. The van der Waals surface area contributed by atoms with Crippen molar-refractivity contribution in [3.8, 4) is 5.75 Å². The van der Waals surface area contributed by atoms with Crippen molar-refractivity contribution in [3.63, 3.8) is 0 Å². The quantitative estimate of drug-likeness (QED) is 0.745. The van der Waals surface area contributed by atoms with Crippen LogP contribution in [0.2, 0.25) is 0 Å². The summed E-state index contributed by atoms with van der Waals surface area (Å²) in [5, 5.41) is 12.2. The fourth-order valence-electron chi connectivity index (χ4n) is 1.88. The monoisotopic (exact) mass is 395 g/mol. The molecule has 1 N–H and O–H groups in total. The van der Waals surface area contributed by atoms with E-state index < -0.39 is 0 Å². The third-order valence-corrected chi connectivity index (χ3v) is 4.24. The molecule has 0 fully saturated rings. The van der Waals surface area contributed by atoms with E-state index in [2.05, 4.69) is 45.3 Å². The number of methoxy groups -OCH3 is 1. The lowest BCUT2D eigenvalue weighted by Gasteiger charge is -2.04. The van der Waals surface area contributed by atoms with Gasteiger partial charge in [0.05, 0.1) is 7.11 Å². The van der Waals surface area contributed by atoms with Gasteiger partial charge in [0, 0.05) is 22.5 Å². The van der Waals surface area contributed by atoms with Gasteiger partial charge in [-0.05, 0) is 30.2 Å². The normalized spacial score (nSPS) is 11.2. The SMILES string of the molecule is COc1ccc(Br)cc1/C=C/C(=O)Nc1nnc(CC(C)C)s1. The van der Waals surface area contributed by atoms with E-state index in [1.54, 1.807) is 13.2 Å². The summed E-state index contributed by atoms with van der Waals surface area (Å²) in [5.41, 5.74) is 0.815. The van der Waals surface area contributed by atoms with Crippen molar-refractivity contribution in [1.82, 2.24) is 10.2 Å². The predicted molar refractivity (Wildman–Crippen MR) is 96.8 cm³/mol. The van der Waals surface area contributed by atoms with Gasteiger partial charge >= 0.3 is 0 Å². The Hall–Kier alpha value is -1.73. The summed E-state index contributed by atoms with van der Waals surface area (Å²) < 4.78 is 6.18. The summed E-state index contributed by atoms with van der Waals surface area (Å²) in [4.78, 5) is 12.0. The lowest BCUT2D eigenvalue weighted by Crippen LogP contribution is -2.07. The van der Waals surface area contributed by atoms with Crippen molar-refractivity contribution >= 4 is 44.4 Å². The van der Waals surface area contributed by atoms with Crippen molar-refractivity contribution in [3.05, 3.63) is 39.3 Å². The van der Waals surface area contributed by atoms with Crippen LogP contribution >= 0.6 is 27.3 Å². The molecule has 1 aromatic heterocycles. The van der Waals surface area contributed by atoms with Crippen molar-refractivity contribution < 1.29 is 9.53 Å². The van der Waals surface area contributed by atoms with Gasteiger partial charge in [-0.25, -0.2) is 0 Å². The standard InChI is InChI=1S/C16H18BrN3O2S/c1-10(2)8-15-19-20-16(23-15)18-14(21)7-4-11-9-12(17)5-6-13(11)22-3/h4-7,9-10H,8H2,1-3H3,(H,18,20,21)/b7-4+. The Labute approximate surface area is 147 Å². The van der Waals surface area contributed by atoms with E-state index >= 15 is 0 Å². The highest BCUT2D eigenvalue weighted by Crippen LogP contribution is 2.24. The fraction of sp³-hybridized carbons (Fsp3) is 0.312. The van der Waals surface area contributed by atoms with Crippen LogP contribution in [0, 0.1) is 5.92 Å². The van der Waals surface area contributed by atoms with Crippen molar-refractivity contribution in [2.75, 3.05) is 12.4 Å². The molecule has 2 rings (SSSR count). The first-order valence-corrected chi connectivity index (χ1v) is 8.74. The highest BCUT2D eigenvalue weighted by atomic mass is 79.9. The molecule has 1 amide bonds. The van der Waals surface area contributed by atoms with Crippen LogP contribution in [0.3, 0.4) is 0 Å². The highest BCUT2D eigenvalue weighted by molar-refractivity contribution is 9.10. The van der Waals surface area contributed by atoms with Gasteiger partial charge in [0.15, 0.2) is 0 Å². The molecule has 0 aliphatic rings. The summed E-state index contributed by atoms with van der Waals surface area (Å²) >= 11 is 4.80. The zero-order valence-corrected chi connectivity index (χ0v) is 15.6. The number of benzene rings is 1. The second-order valence-corrected chi connectivity index (χ2v) is 7.29. The summed E-state index contributed by atoms with van der Waals surface area (Å²) in [5.74, 6) is 0.960. The average molecular weight is 396 g/mol. The van der Waals surface area contributed by atoms with Gasteiger partial charge in [-0.2, -0.15) is 0 Å². The van der Waals surface area contributed by atoms with E-state index in [-0.39, 0.29) is 5.91 Å². The van der Waals surface area contributed by atoms with Crippen LogP contribution in [-0.2, 0) is 11.2 Å². The number of aromatic nitrogens is 2. The number of carbonyl (C=O) groups is 1. The maximum absolute atomic E-state index is 12.0. The molecule has 7 heteroatoms. The van der Waals surface area contributed by atoms with Gasteiger partial charge in [0.2, 0.25) is 11.0 Å². The lowest BCUT2D eigenvalue weighted by atomic mass is 10.1. The summed E-state index contributed by atoms with van der Waals surface area (Å²) in [6.07, 6.45) is 4.02. The minimum atomic E-state index is -0.251. The molecule has 0 bridgehead atoms. The Morgan fingerprint density at radius 2 is 2.22 bits per heavy atom. The number of rotatable bonds is 6. The fourth-order valence-corrected chi connectivity index (χ4v) is 3.22. The average Bonchev–Trinajstić information content (AvgIpc) is 2.91. The Morgan fingerprint density at radius 1 is 1.43 bits per heavy atom. The van der Waals surface area contributed by atoms with Crippen molar-refractivity contribution in [1.29, 1.82) is 0 Å². The largest absolute Gasteiger partial charge is 0.496 e. The number of hydrogen-bond donors (Lipinski definition) is 1. The van der Waals surface area contributed by atoms with Gasteiger partial charge in [-0.15, -0.1) is 10.2 Å². The Bertz CT molecular complexity index is 713. The summed E-state index contributed by atoms with van der Waals surface area (Å²) in [7, 11) is 1.60. The number of carbonyl (C=O) groups excluding carboxylic acids is 1. The van der Waals surface area contributed by atoms with Gasteiger partial charge in [-0.1, -0.05) is 41.1 Å². The summed E-state index contributed by atoms with van der Waals surface area (Å²) in [6, 6.07) is 5.60. The molecule has 5 nitrogen and oxygen atoms in total. The topological polar surface area (TPSA) is 64.1 Å². The Morgan fingerprint density at radius 3 is 2.91 bits per heavy atom. The molecule has 2 aromatic rings. The molecule has 0 saturated carbocycles. The number of nitrogens with zero attached hydrogens (tertiary/aromatic N) is 2. The number of nitrogens with one attached hydrogen (secondary N) is 1. The third kappa shape index (κ3) is 5.44.